The first-order valence-corrected chi connectivity index (χ1v) is 22.8. The van der Waals surface area contributed by atoms with Crippen molar-refractivity contribution in [3.05, 3.63) is 158 Å². The number of aryl methyl sites for hydroxylation is 1. The lowest BCUT2D eigenvalue weighted by molar-refractivity contribution is 0.580. The number of nitrogens with zero attached hydrogens (tertiary/aromatic N) is 10. The van der Waals surface area contributed by atoms with Gasteiger partial charge in [0.2, 0.25) is 0 Å². The van der Waals surface area contributed by atoms with Crippen LogP contribution < -0.4 is 0 Å². The Morgan fingerprint density at radius 1 is 0.477 bits per heavy atom. The predicted octanol–water partition coefficient (Wildman–Crippen LogP) is 7.51. The average Bonchev–Trinajstić information content (AvgIpc) is 4.19. The maximum absolute atomic E-state index is 13.5. The van der Waals surface area contributed by atoms with E-state index in [0.717, 1.165) is 57.8 Å². The summed E-state index contributed by atoms with van der Waals surface area (Å²) in [4.78, 5) is 6.75. The number of nitrogens with one attached hydrogen (secondary N) is 4. The first-order chi connectivity index (χ1) is 31.6. The van der Waals surface area contributed by atoms with Gasteiger partial charge in [-0.1, -0.05) is 60.2 Å². The molecule has 0 fully saturated rings. The van der Waals surface area contributed by atoms with Crippen molar-refractivity contribution >= 4 is 63.7 Å². The van der Waals surface area contributed by atoms with E-state index in [9.17, 15) is 16.8 Å². The summed E-state index contributed by atoms with van der Waals surface area (Å²) in [6.07, 6.45) is 6.80. The lowest BCUT2D eigenvalue weighted by atomic mass is 9.97. The zero-order valence-electron chi connectivity index (χ0n) is 33.9. The van der Waals surface area contributed by atoms with Gasteiger partial charge in [0.1, 0.15) is 0 Å². The molecule has 0 atom stereocenters. The van der Waals surface area contributed by atoms with Gasteiger partial charge in [0.25, 0.3) is 20.0 Å². The van der Waals surface area contributed by atoms with Crippen LogP contribution in [0.2, 0.25) is 0 Å². The van der Waals surface area contributed by atoms with Crippen LogP contribution in [0.15, 0.2) is 162 Å². The number of fused-ring (bicyclic) bond motifs is 4. The minimum atomic E-state index is -3.92. The van der Waals surface area contributed by atoms with E-state index >= 15 is 0 Å². The van der Waals surface area contributed by atoms with E-state index in [1.807, 2.05) is 92.1 Å². The van der Waals surface area contributed by atoms with E-state index < -0.39 is 20.0 Å². The van der Waals surface area contributed by atoms with Crippen molar-refractivity contribution in [2.75, 3.05) is 0 Å². The first-order valence-electron chi connectivity index (χ1n) is 19.9. The smallest absolute Gasteiger partial charge is 0.283 e. The number of aromatic nitrogens is 14. The third-order valence-electron chi connectivity index (χ3n) is 11.1. The number of rotatable bonds is 8. The zero-order valence-corrected chi connectivity index (χ0v) is 35.5. The minimum absolute atomic E-state index is 0.158. The maximum Gasteiger partial charge on any atom is 0.283 e. The summed E-state index contributed by atoms with van der Waals surface area (Å²) in [5.41, 5.74) is 8.66. The molecule has 318 valence electrons. The number of benzene rings is 6. The van der Waals surface area contributed by atoms with Crippen LogP contribution in [0.5, 0.6) is 0 Å². The number of tetrazole rings is 2. The fourth-order valence-electron chi connectivity index (χ4n) is 8.02. The van der Waals surface area contributed by atoms with Gasteiger partial charge in [0.05, 0.1) is 33.2 Å². The van der Waals surface area contributed by atoms with Crippen LogP contribution in [-0.4, -0.2) is 86.4 Å². The Kier molecular flexibility index (Phi) is 9.25. The molecule has 0 aliphatic rings. The highest BCUT2D eigenvalue weighted by atomic mass is 32.2. The van der Waals surface area contributed by atoms with E-state index in [1.165, 1.54) is 12.4 Å². The molecule has 0 unspecified atom stereocenters. The Morgan fingerprint density at radius 2 is 0.954 bits per heavy atom. The highest BCUT2D eigenvalue weighted by Crippen LogP contribution is 2.38. The van der Waals surface area contributed by atoms with Crippen LogP contribution in [0.3, 0.4) is 0 Å². The molecule has 0 spiro atoms. The van der Waals surface area contributed by atoms with Crippen molar-refractivity contribution in [1.29, 1.82) is 0 Å². The third-order valence-corrected chi connectivity index (χ3v) is 14.4. The molecule has 0 radical (unpaired) electrons. The molecule has 6 heterocycles. The monoisotopic (exact) mass is 896 g/mol. The molecule has 12 aromatic rings. The summed E-state index contributed by atoms with van der Waals surface area (Å²) in [7, 11) is -7.82. The van der Waals surface area contributed by atoms with Crippen LogP contribution in [-0.2, 0) is 20.0 Å². The molecule has 65 heavy (non-hydrogen) atoms. The molecule has 0 saturated carbocycles. The van der Waals surface area contributed by atoms with Crippen molar-refractivity contribution in [2.24, 2.45) is 0 Å². The molecular formula is C45H32N14O4S2. The second kappa shape index (κ2) is 15.3. The molecule has 6 aromatic carbocycles. The molecule has 12 rings (SSSR count). The number of H-pyrrole nitrogens is 4. The normalized spacial score (nSPS) is 12.0. The summed E-state index contributed by atoms with van der Waals surface area (Å²) < 4.78 is 55.8. The summed E-state index contributed by atoms with van der Waals surface area (Å²) in [5, 5.41) is 40.2. The Balaban J connectivity index is 0.000000144. The zero-order chi connectivity index (χ0) is 44.3. The van der Waals surface area contributed by atoms with E-state index in [0.29, 0.717) is 44.6 Å². The van der Waals surface area contributed by atoms with Crippen LogP contribution in [0.1, 0.15) is 5.56 Å². The van der Waals surface area contributed by atoms with Crippen LogP contribution in [0.25, 0.3) is 88.6 Å². The van der Waals surface area contributed by atoms with Gasteiger partial charge >= 0.3 is 0 Å². The van der Waals surface area contributed by atoms with E-state index in [1.54, 1.807) is 54.6 Å². The van der Waals surface area contributed by atoms with E-state index in [4.69, 9.17) is 0 Å². The highest BCUT2D eigenvalue weighted by molar-refractivity contribution is 7.90. The van der Waals surface area contributed by atoms with Crippen molar-refractivity contribution in [2.45, 2.75) is 16.7 Å². The second-order valence-electron chi connectivity index (χ2n) is 15.0. The third kappa shape index (κ3) is 6.71. The average molecular weight is 897 g/mol. The first kappa shape index (κ1) is 39.2. The molecule has 20 heteroatoms. The fourth-order valence-corrected chi connectivity index (χ4v) is 10.6. The minimum Gasteiger partial charge on any atom is -0.361 e. The Morgan fingerprint density at radius 3 is 1.42 bits per heavy atom. The molecule has 4 N–H and O–H groups in total. The Labute approximate surface area is 368 Å². The molecule has 18 nitrogen and oxygen atoms in total. The largest absolute Gasteiger partial charge is 0.361 e. The Bertz CT molecular complexity index is 3930. The van der Waals surface area contributed by atoms with Crippen molar-refractivity contribution in [1.82, 2.24) is 69.6 Å². The van der Waals surface area contributed by atoms with Crippen LogP contribution >= 0.6 is 0 Å². The van der Waals surface area contributed by atoms with Gasteiger partial charge < -0.3 is 9.97 Å². The van der Waals surface area contributed by atoms with Gasteiger partial charge in [-0.05, 0) is 123 Å². The topological polar surface area (TPSA) is 244 Å². The van der Waals surface area contributed by atoms with Gasteiger partial charge in [-0.25, -0.2) is 10.2 Å². The molecule has 0 aliphatic carbocycles. The SMILES string of the molecule is Cc1ccc(S(=O)(=O)n2ncc3c(-c4nnn[nH]4)cc(-c4cccc5[nH]ccc45)cc32)cc1.O=S(=O)(c1ccccc1)n1ncc2c(-c3nnn[nH]3)cc(-c3cccc4[nH]ccc34)cc21. The number of hydrogen-bond acceptors (Lipinski definition) is 12. The molecule has 0 saturated heterocycles. The lowest BCUT2D eigenvalue weighted by Gasteiger charge is -2.10. The number of aromatic amines is 4. The van der Waals surface area contributed by atoms with Crippen LogP contribution in [0, 0.1) is 6.92 Å². The summed E-state index contributed by atoms with van der Waals surface area (Å²) in [6, 6.07) is 38.3. The molecular weight excluding hydrogens is 865 g/mol. The summed E-state index contributed by atoms with van der Waals surface area (Å²) in [5.74, 6) is 0.852. The second-order valence-corrected chi connectivity index (χ2v) is 18.5. The van der Waals surface area contributed by atoms with E-state index in [2.05, 4.69) is 61.4 Å². The van der Waals surface area contributed by atoms with Crippen LogP contribution in [0.4, 0.5) is 0 Å². The quantitative estimate of drug-likeness (QED) is 0.116. The van der Waals surface area contributed by atoms with Gasteiger partial charge in [-0.3, -0.25) is 0 Å². The molecule has 0 amide bonds. The summed E-state index contributed by atoms with van der Waals surface area (Å²) >= 11 is 0. The maximum atomic E-state index is 13.5. The van der Waals surface area contributed by atoms with Crippen molar-refractivity contribution < 1.29 is 16.8 Å². The number of hydrogen-bond donors (Lipinski definition) is 4. The van der Waals surface area contributed by atoms with Gasteiger partial charge in [-0.2, -0.15) is 35.2 Å². The van der Waals surface area contributed by atoms with E-state index in [-0.39, 0.29) is 9.79 Å². The highest BCUT2D eigenvalue weighted by Gasteiger charge is 2.25. The fraction of sp³-hybridized carbons (Fsp3) is 0.0222. The Hall–Kier alpha value is -8.62. The summed E-state index contributed by atoms with van der Waals surface area (Å²) in [6.45, 7) is 1.91. The van der Waals surface area contributed by atoms with Gasteiger partial charge in [0, 0.05) is 56.1 Å². The standard InChI is InChI=1S/C23H17N7O2S.C22H15N7O2S/c1-14-5-7-16(8-6-14)33(31,32)30-22-12-15(17-3-2-4-21-18(17)9-10-24-21)11-19(20(22)13-25-30)23-26-28-29-27-23;30-32(31,15-5-2-1-3-6-15)29-21-12-14(16-7-4-8-20-17(16)9-10-23-20)11-18(19(21)13-24-29)22-25-27-28-26-22/h2-13,24H,1H3,(H,26,27,28,29);1-13,23H,(H,25,26,27,28). The van der Waals surface area contributed by atoms with Crippen molar-refractivity contribution in [3.8, 4) is 45.0 Å². The predicted molar refractivity (Wildman–Crippen MR) is 243 cm³/mol. The van der Waals surface area contributed by atoms with Gasteiger partial charge in [-0.15, -0.1) is 10.2 Å². The molecule has 0 aliphatic heterocycles. The van der Waals surface area contributed by atoms with Crippen molar-refractivity contribution in [3.63, 3.8) is 0 Å². The lowest BCUT2D eigenvalue weighted by Crippen LogP contribution is -2.14. The van der Waals surface area contributed by atoms with Gasteiger partial charge in [0.15, 0.2) is 11.6 Å². The molecule has 6 aromatic heterocycles. The molecule has 0 bridgehead atoms.